The van der Waals surface area contributed by atoms with Gasteiger partial charge in [0.25, 0.3) is 0 Å². The Labute approximate surface area is 151 Å². The first-order valence-electron chi connectivity index (χ1n) is 5.06. The summed E-state index contributed by atoms with van der Waals surface area (Å²) in [5.41, 5.74) is 0. The largest absolute Gasteiger partial charge is 1.00 e. The van der Waals surface area contributed by atoms with Crippen LogP contribution < -0.4 is 68.9 Å². The Morgan fingerprint density at radius 1 is 0.733 bits per heavy atom. The molecule has 0 aliphatic carbocycles. The van der Waals surface area contributed by atoms with Gasteiger partial charge in [0.1, 0.15) is 0 Å². The molecule has 0 aliphatic rings. The van der Waals surface area contributed by atoms with E-state index in [0.29, 0.717) is 0 Å². The normalized spacial score (nSPS) is 9.33. The van der Waals surface area contributed by atoms with Gasteiger partial charge in [-0.05, 0) is 12.8 Å². The molecule has 0 saturated carbocycles. The molecule has 0 unspecified atom stereocenters. The maximum Gasteiger partial charge on any atom is 1.00 e. The molecule has 4 nitrogen and oxygen atoms in total. The number of rotatable bonds is 9. The van der Waals surface area contributed by atoms with Crippen LogP contribution in [0.3, 0.4) is 0 Å². The molecule has 0 aliphatic heterocycles. The van der Waals surface area contributed by atoms with Crippen LogP contribution in [-0.4, -0.2) is 22.2 Å². The van der Waals surface area contributed by atoms with Gasteiger partial charge in [0.15, 0.2) is 0 Å². The van der Waals surface area contributed by atoms with Gasteiger partial charge < -0.3 is 11.6 Å². The maximum absolute atomic E-state index is 10.1. The summed E-state index contributed by atoms with van der Waals surface area (Å²) >= 11 is 0. The second-order valence-electron chi connectivity index (χ2n) is 3.41. The molecule has 0 atom stereocenters. The van der Waals surface area contributed by atoms with Crippen LogP contribution in [0.4, 0.5) is 0 Å². The summed E-state index contributed by atoms with van der Waals surface area (Å²) in [4.78, 5) is 20.3. The van der Waals surface area contributed by atoms with Crippen molar-refractivity contribution in [1.29, 1.82) is 0 Å². The van der Waals surface area contributed by atoms with Crippen LogP contribution >= 0.6 is 0 Å². The van der Waals surface area contributed by atoms with Gasteiger partial charge in [0.2, 0.25) is 0 Å². The van der Waals surface area contributed by atoms with Gasteiger partial charge in [-0.15, -0.1) is 0 Å². The molecule has 0 aromatic heterocycles. The van der Waals surface area contributed by atoms with Crippen LogP contribution in [0.1, 0.15) is 52.8 Å². The van der Waals surface area contributed by atoms with Crippen LogP contribution in [0.15, 0.2) is 0 Å². The Bertz CT molecular complexity index is 168. The molecule has 0 aromatic rings. The summed E-state index contributed by atoms with van der Waals surface area (Å²) < 4.78 is 0. The van der Waals surface area contributed by atoms with Crippen molar-refractivity contribution in [2.24, 2.45) is 0 Å². The summed E-state index contributed by atoms with van der Waals surface area (Å²) in [5.74, 6) is -1.48. The zero-order valence-electron chi connectivity index (χ0n) is 10.4. The Kier molecular flexibility index (Phi) is 16.0. The van der Waals surface area contributed by atoms with Crippen molar-refractivity contribution in [1.82, 2.24) is 0 Å². The van der Waals surface area contributed by atoms with E-state index in [-0.39, 0.29) is 83.2 Å². The van der Waals surface area contributed by atoms with Gasteiger partial charge in [0.05, 0.1) is 0 Å². The molecule has 84 valence electrons. The molecule has 0 saturated heterocycles. The fourth-order valence-corrected chi connectivity index (χ4v) is 1.26. The molecule has 15 heavy (non-hydrogen) atoms. The van der Waals surface area contributed by atoms with E-state index in [1.807, 2.05) is 0 Å². The number of aliphatic carboxylic acids is 2. The third kappa shape index (κ3) is 17.6. The molecule has 0 radical (unpaired) electrons. The first-order chi connectivity index (χ1) is 6.63. The molecule has 2 N–H and O–H groups in total. The molecular formula is C10H19CsO4. The Morgan fingerprint density at radius 2 is 1.00 bits per heavy atom. The van der Waals surface area contributed by atoms with Gasteiger partial charge in [-0.3, -0.25) is 9.59 Å². The van der Waals surface area contributed by atoms with E-state index in [2.05, 4.69) is 0 Å². The van der Waals surface area contributed by atoms with Gasteiger partial charge in [-0.25, -0.2) is 0 Å². The maximum atomic E-state index is 10.1. The first kappa shape index (κ1) is 18.4. The van der Waals surface area contributed by atoms with Gasteiger partial charge in [-0.2, -0.15) is 0 Å². The Hall–Kier alpha value is 0.992. The average molecular weight is 336 g/mol. The Balaban J connectivity index is -0.000000845. The number of carbonyl (C=O) groups is 2. The summed E-state index contributed by atoms with van der Waals surface area (Å²) in [6.07, 6.45) is 5.82. The van der Waals surface area contributed by atoms with Crippen LogP contribution in [0.25, 0.3) is 0 Å². The molecule has 0 bridgehead atoms. The Morgan fingerprint density at radius 3 is 1.27 bits per heavy atom. The number of hydrogen-bond acceptors (Lipinski definition) is 2. The topological polar surface area (TPSA) is 74.6 Å². The van der Waals surface area contributed by atoms with Crippen molar-refractivity contribution < 1.29 is 90.1 Å². The SMILES string of the molecule is O=C(O)CCCCCCCCC(=O)O.[Cs+].[H-]. The van der Waals surface area contributed by atoms with Gasteiger partial charge in [-0.1, -0.05) is 25.7 Å². The molecule has 0 spiro atoms. The summed E-state index contributed by atoms with van der Waals surface area (Å²) in [6.45, 7) is 0. The van der Waals surface area contributed by atoms with E-state index in [1.165, 1.54) is 0 Å². The van der Waals surface area contributed by atoms with E-state index in [4.69, 9.17) is 10.2 Å². The molecule has 0 heterocycles. The van der Waals surface area contributed by atoms with E-state index in [1.54, 1.807) is 0 Å². The molecule has 0 aromatic carbocycles. The van der Waals surface area contributed by atoms with E-state index in [0.717, 1.165) is 38.5 Å². The minimum absolute atomic E-state index is 0. The smallest absolute Gasteiger partial charge is 1.00 e. The predicted molar refractivity (Wildman–Crippen MR) is 53.3 cm³/mol. The van der Waals surface area contributed by atoms with Crippen molar-refractivity contribution in [3.8, 4) is 0 Å². The number of carboxylic acids is 2. The summed E-state index contributed by atoms with van der Waals surface area (Å²) in [7, 11) is 0. The standard InChI is InChI=1S/C10H18O4.Cs.H/c11-9(12)7-5-3-1-2-4-6-8-10(13)14;;/h1-8H2,(H,11,12)(H,13,14);;/q;+1;-1. The van der Waals surface area contributed by atoms with Crippen LogP contribution in [0.2, 0.25) is 0 Å². The van der Waals surface area contributed by atoms with Crippen molar-refractivity contribution in [2.75, 3.05) is 0 Å². The van der Waals surface area contributed by atoms with Crippen LogP contribution in [-0.2, 0) is 9.59 Å². The predicted octanol–water partition coefficient (Wildman–Crippen LogP) is -0.607. The fourth-order valence-electron chi connectivity index (χ4n) is 1.26. The number of carboxylic acid groups (broad SMARTS) is 2. The molecule has 0 amide bonds. The van der Waals surface area contributed by atoms with E-state index >= 15 is 0 Å². The van der Waals surface area contributed by atoms with Crippen molar-refractivity contribution >= 4 is 11.9 Å². The zero-order chi connectivity index (χ0) is 10.8. The summed E-state index contributed by atoms with van der Waals surface area (Å²) in [5, 5.41) is 16.7. The van der Waals surface area contributed by atoms with Crippen LogP contribution in [0, 0.1) is 0 Å². The summed E-state index contributed by atoms with van der Waals surface area (Å²) in [6, 6.07) is 0. The quantitative estimate of drug-likeness (QED) is 0.551. The zero-order valence-corrected chi connectivity index (χ0v) is 15.6. The third-order valence-corrected chi connectivity index (χ3v) is 2.03. The third-order valence-electron chi connectivity index (χ3n) is 2.03. The minimum atomic E-state index is -0.740. The molecule has 0 fully saturated rings. The second kappa shape index (κ2) is 13.1. The van der Waals surface area contributed by atoms with Crippen molar-refractivity contribution in [3.05, 3.63) is 0 Å². The van der Waals surface area contributed by atoms with E-state index < -0.39 is 11.9 Å². The number of hydrogen-bond donors (Lipinski definition) is 2. The molecular weight excluding hydrogens is 317 g/mol. The van der Waals surface area contributed by atoms with E-state index in [9.17, 15) is 9.59 Å². The second-order valence-corrected chi connectivity index (χ2v) is 3.41. The fraction of sp³-hybridized carbons (Fsp3) is 0.800. The van der Waals surface area contributed by atoms with Crippen LogP contribution in [0.5, 0.6) is 0 Å². The van der Waals surface area contributed by atoms with Crippen molar-refractivity contribution in [2.45, 2.75) is 51.4 Å². The number of unbranched alkanes of at least 4 members (excludes halogenated alkanes) is 5. The van der Waals surface area contributed by atoms with Gasteiger partial charge in [0, 0.05) is 12.8 Å². The molecule has 5 heteroatoms. The van der Waals surface area contributed by atoms with Gasteiger partial charge >= 0.3 is 80.8 Å². The average Bonchev–Trinajstić information content (AvgIpc) is 2.08. The first-order valence-corrected chi connectivity index (χ1v) is 5.06. The minimum Gasteiger partial charge on any atom is -1.00 e. The monoisotopic (exact) mass is 336 g/mol. The van der Waals surface area contributed by atoms with Crippen molar-refractivity contribution in [3.63, 3.8) is 0 Å². The molecule has 0 rings (SSSR count).